The standard InChI is InChI=1S/C28H41ClN6O2/c1-19-16-35(17-20(2)37-19)22-8-6-21(7-9-22)33-27-14-23(24(29)15-31-27)25-4-3-5-26(34-25)32-18-28(30)10-12-36-13-11-28/h3-5,14-15,19-22H,6-13,16-18,30H2,1-2H3,(H,31,33)(H,32,34)/t19-,20+,21?,22?. The van der Waals surface area contributed by atoms with E-state index in [0.29, 0.717) is 49.1 Å². The second-order valence-corrected chi connectivity index (χ2v) is 11.6. The highest BCUT2D eigenvalue weighted by Gasteiger charge is 2.31. The molecule has 2 aromatic heterocycles. The van der Waals surface area contributed by atoms with Gasteiger partial charge in [-0.3, -0.25) is 4.90 Å². The van der Waals surface area contributed by atoms with Gasteiger partial charge in [0.05, 0.1) is 22.9 Å². The van der Waals surface area contributed by atoms with E-state index in [1.807, 2.05) is 24.3 Å². The van der Waals surface area contributed by atoms with Crippen LogP contribution in [0.15, 0.2) is 30.5 Å². The number of nitrogens with zero attached hydrogens (tertiary/aromatic N) is 3. The van der Waals surface area contributed by atoms with Crippen molar-refractivity contribution >= 4 is 23.2 Å². The van der Waals surface area contributed by atoms with Gasteiger partial charge in [-0.2, -0.15) is 0 Å². The zero-order valence-electron chi connectivity index (χ0n) is 22.1. The third-order valence-electron chi connectivity index (χ3n) is 8.00. The first kappa shape index (κ1) is 26.6. The molecular weight excluding hydrogens is 488 g/mol. The fourth-order valence-electron chi connectivity index (χ4n) is 5.93. The number of nitrogens with one attached hydrogen (secondary N) is 2. The summed E-state index contributed by atoms with van der Waals surface area (Å²) in [6, 6.07) is 9.03. The van der Waals surface area contributed by atoms with Crippen molar-refractivity contribution < 1.29 is 9.47 Å². The number of pyridine rings is 2. The largest absolute Gasteiger partial charge is 0.381 e. The van der Waals surface area contributed by atoms with Crippen molar-refractivity contribution in [3.8, 4) is 11.3 Å². The number of nitrogens with two attached hydrogens (primary N) is 1. The van der Waals surface area contributed by atoms with Gasteiger partial charge in [0.15, 0.2) is 0 Å². The summed E-state index contributed by atoms with van der Waals surface area (Å²) in [6.07, 6.45) is 8.70. The van der Waals surface area contributed by atoms with Crippen LogP contribution in [0.5, 0.6) is 0 Å². The van der Waals surface area contributed by atoms with Crippen LogP contribution in [0, 0.1) is 0 Å². The van der Waals surface area contributed by atoms with Gasteiger partial charge in [0.1, 0.15) is 11.6 Å². The molecule has 3 aliphatic rings. The number of morpholine rings is 1. The average molecular weight is 529 g/mol. The SMILES string of the molecule is C[C@@H]1CN(C2CCC(Nc3cc(-c4cccc(NCC5(N)CCOCC5)n4)c(Cl)cn3)CC2)C[C@H](C)O1. The Balaban J connectivity index is 1.19. The predicted molar refractivity (Wildman–Crippen MR) is 149 cm³/mol. The summed E-state index contributed by atoms with van der Waals surface area (Å²) in [5.41, 5.74) is 7.96. The molecule has 8 nitrogen and oxygen atoms in total. The molecule has 4 heterocycles. The third-order valence-corrected chi connectivity index (χ3v) is 8.30. The number of ether oxygens (including phenoxy) is 2. The van der Waals surface area contributed by atoms with E-state index in [9.17, 15) is 0 Å². The summed E-state index contributed by atoms with van der Waals surface area (Å²) in [7, 11) is 0. The molecule has 2 atom stereocenters. The normalized spacial score (nSPS) is 28.5. The van der Waals surface area contributed by atoms with E-state index in [1.54, 1.807) is 6.20 Å². The van der Waals surface area contributed by atoms with E-state index in [1.165, 1.54) is 12.8 Å². The van der Waals surface area contributed by atoms with Crippen LogP contribution in [-0.4, -0.2) is 77.5 Å². The van der Waals surface area contributed by atoms with Gasteiger partial charge in [-0.1, -0.05) is 17.7 Å². The molecule has 202 valence electrons. The second-order valence-electron chi connectivity index (χ2n) is 11.1. The molecule has 0 spiro atoms. The first-order valence-corrected chi connectivity index (χ1v) is 14.1. The maximum atomic E-state index is 6.58. The second kappa shape index (κ2) is 11.8. The van der Waals surface area contributed by atoms with Crippen LogP contribution < -0.4 is 16.4 Å². The summed E-state index contributed by atoms with van der Waals surface area (Å²) < 4.78 is 11.4. The highest BCUT2D eigenvalue weighted by atomic mass is 35.5. The third kappa shape index (κ3) is 6.92. The lowest BCUT2D eigenvalue weighted by molar-refractivity contribution is -0.0842. The summed E-state index contributed by atoms with van der Waals surface area (Å²) in [5, 5.41) is 7.68. The number of hydrogen-bond acceptors (Lipinski definition) is 8. The number of rotatable bonds is 7. The molecule has 0 unspecified atom stereocenters. The quantitative estimate of drug-likeness (QED) is 0.481. The lowest BCUT2D eigenvalue weighted by atomic mass is 9.89. The molecule has 5 rings (SSSR count). The topological polar surface area (TPSA) is 97.6 Å². The number of aromatic nitrogens is 2. The minimum atomic E-state index is -0.265. The van der Waals surface area contributed by atoms with Crippen molar-refractivity contribution in [3.05, 3.63) is 35.5 Å². The summed E-state index contributed by atoms with van der Waals surface area (Å²) in [5.74, 6) is 1.64. The Hall–Kier alpha value is -1.97. The number of halogens is 1. The fraction of sp³-hybridized carbons (Fsp3) is 0.643. The van der Waals surface area contributed by atoms with E-state index < -0.39 is 0 Å². The van der Waals surface area contributed by atoms with E-state index in [0.717, 1.165) is 61.7 Å². The van der Waals surface area contributed by atoms with E-state index in [4.69, 9.17) is 31.8 Å². The van der Waals surface area contributed by atoms with Gasteiger partial charge in [0.2, 0.25) is 0 Å². The summed E-state index contributed by atoms with van der Waals surface area (Å²) in [4.78, 5) is 12.0. The first-order valence-electron chi connectivity index (χ1n) is 13.8. The van der Waals surface area contributed by atoms with E-state index in [-0.39, 0.29) is 5.54 Å². The predicted octanol–water partition coefficient (Wildman–Crippen LogP) is 4.55. The Morgan fingerprint density at radius 1 is 1.08 bits per heavy atom. The van der Waals surface area contributed by atoms with Gasteiger partial charge in [-0.15, -0.1) is 0 Å². The molecule has 2 aliphatic heterocycles. The monoisotopic (exact) mass is 528 g/mol. The van der Waals surface area contributed by atoms with Crippen molar-refractivity contribution in [1.29, 1.82) is 0 Å². The lowest BCUT2D eigenvalue weighted by Gasteiger charge is -2.43. The van der Waals surface area contributed by atoms with E-state index >= 15 is 0 Å². The van der Waals surface area contributed by atoms with Crippen LogP contribution in [-0.2, 0) is 9.47 Å². The van der Waals surface area contributed by atoms with Crippen LogP contribution in [0.25, 0.3) is 11.3 Å². The fourth-order valence-corrected chi connectivity index (χ4v) is 6.13. The molecule has 2 saturated heterocycles. The Morgan fingerprint density at radius 3 is 2.54 bits per heavy atom. The molecular formula is C28H41ClN6O2. The van der Waals surface area contributed by atoms with Crippen molar-refractivity contribution in [1.82, 2.24) is 14.9 Å². The lowest BCUT2D eigenvalue weighted by Crippen LogP contribution is -2.51. The van der Waals surface area contributed by atoms with Gasteiger partial charge in [-0.25, -0.2) is 9.97 Å². The molecule has 0 bridgehead atoms. The first-order chi connectivity index (χ1) is 17.9. The van der Waals surface area contributed by atoms with Crippen molar-refractivity contribution in [2.75, 3.05) is 43.5 Å². The zero-order valence-corrected chi connectivity index (χ0v) is 22.8. The minimum absolute atomic E-state index is 0.265. The molecule has 0 amide bonds. The Morgan fingerprint density at radius 2 is 1.81 bits per heavy atom. The van der Waals surface area contributed by atoms with Crippen molar-refractivity contribution in [2.24, 2.45) is 5.73 Å². The van der Waals surface area contributed by atoms with Crippen LogP contribution >= 0.6 is 11.6 Å². The molecule has 2 aromatic rings. The van der Waals surface area contributed by atoms with Gasteiger partial charge >= 0.3 is 0 Å². The molecule has 3 fully saturated rings. The number of anilines is 2. The summed E-state index contributed by atoms with van der Waals surface area (Å²) in [6.45, 7) is 8.52. The van der Waals surface area contributed by atoms with Crippen LogP contribution in [0.3, 0.4) is 0 Å². The maximum Gasteiger partial charge on any atom is 0.126 e. The number of hydrogen-bond donors (Lipinski definition) is 3. The average Bonchev–Trinajstić information content (AvgIpc) is 2.89. The van der Waals surface area contributed by atoms with Gasteiger partial charge in [-0.05, 0) is 70.6 Å². The smallest absolute Gasteiger partial charge is 0.126 e. The Kier molecular flexibility index (Phi) is 8.51. The van der Waals surface area contributed by atoms with E-state index in [2.05, 4.69) is 34.4 Å². The van der Waals surface area contributed by atoms with Gasteiger partial charge in [0, 0.05) is 62.2 Å². The van der Waals surface area contributed by atoms with Crippen molar-refractivity contribution in [2.45, 2.75) is 82.2 Å². The molecule has 37 heavy (non-hydrogen) atoms. The highest BCUT2D eigenvalue weighted by Crippen LogP contribution is 2.31. The molecule has 1 saturated carbocycles. The molecule has 0 radical (unpaired) electrons. The maximum absolute atomic E-state index is 6.58. The Bertz CT molecular complexity index is 1030. The van der Waals surface area contributed by atoms with Gasteiger partial charge < -0.3 is 25.8 Å². The highest BCUT2D eigenvalue weighted by molar-refractivity contribution is 6.33. The summed E-state index contributed by atoms with van der Waals surface area (Å²) >= 11 is 6.58. The van der Waals surface area contributed by atoms with Crippen LogP contribution in [0.2, 0.25) is 5.02 Å². The van der Waals surface area contributed by atoms with Crippen LogP contribution in [0.4, 0.5) is 11.6 Å². The van der Waals surface area contributed by atoms with Crippen molar-refractivity contribution in [3.63, 3.8) is 0 Å². The zero-order chi connectivity index (χ0) is 25.8. The molecule has 0 aromatic carbocycles. The van der Waals surface area contributed by atoms with Crippen LogP contribution in [0.1, 0.15) is 52.4 Å². The Labute approximate surface area is 225 Å². The molecule has 4 N–H and O–H groups in total. The minimum Gasteiger partial charge on any atom is -0.381 e. The molecule has 9 heteroatoms. The molecule has 1 aliphatic carbocycles. The van der Waals surface area contributed by atoms with Gasteiger partial charge in [0.25, 0.3) is 0 Å².